The summed E-state index contributed by atoms with van der Waals surface area (Å²) in [7, 11) is 0. The molecule has 0 fully saturated rings. The van der Waals surface area contributed by atoms with Gasteiger partial charge in [0.25, 0.3) is 0 Å². The van der Waals surface area contributed by atoms with Crippen molar-refractivity contribution in [2.24, 2.45) is 0 Å². The van der Waals surface area contributed by atoms with Crippen LogP contribution in [0.25, 0.3) is 0 Å². The first-order chi connectivity index (χ1) is 10.3. The summed E-state index contributed by atoms with van der Waals surface area (Å²) >= 11 is 0. The Morgan fingerprint density at radius 3 is 2.57 bits per heavy atom. The molecule has 0 saturated carbocycles. The van der Waals surface area contributed by atoms with Crippen LogP contribution in [0.4, 0.5) is 0 Å². The van der Waals surface area contributed by atoms with Crippen molar-refractivity contribution in [3.63, 3.8) is 0 Å². The van der Waals surface area contributed by atoms with Crippen molar-refractivity contribution in [2.45, 2.75) is 26.2 Å². The van der Waals surface area contributed by atoms with Crippen LogP contribution >= 0.6 is 0 Å². The Morgan fingerprint density at radius 2 is 1.86 bits per heavy atom. The maximum absolute atomic E-state index is 4.19. The highest BCUT2D eigenvalue weighted by molar-refractivity contribution is 5.40. The molecular weight excluding hydrogens is 258 g/mol. The molecule has 0 amide bonds. The van der Waals surface area contributed by atoms with Crippen LogP contribution in [0.1, 0.15) is 33.9 Å². The second kappa shape index (κ2) is 5.92. The minimum Gasteiger partial charge on any atom is -0.348 e. The first kappa shape index (κ1) is 13.6. The molecule has 1 aromatic carbocycles. The number of hydrogen-bond donors (Lipinski definition) is 1. The predicted octanol–water partition coefficient (Wildman–Crippen LogP) is 3.80. The molecule has 3 nitrogen and oxygen atoms in total. The molecular formula is C18H19N3. The van der Waals surface area contributed by atoms with Gasteiger partial charge in [-0.15, -0.1) is 0 Å². The highest BCUT2D eigenvalue weighted by Gasteiger charge is 2.18. The van der Waals surface area contributed by atoms with Gasteiger partial charge in [-0.3, -0.25) is 4.98 Å². The average Bonchev–Trinajstić information content (AvgIpc) is 3.03. The van der Waals surface area contributed by atoms with E-state index in [0.29, 0.717) is 0 Å². The van der Waals surface area contributed by atoms with Gasteiger partial charge in [-0.2, -0.15) is 0 Å². The maximum Gasteiger partial charge on any atom is 0.0921 e. The summed E-state index contributed by atoms with van der Waals surface area (Å²) in [6.07, 6.45) is 8.31. The van der Waals surface area contributed by atoms with Crippen LogP contribution in [0.5, 0.6) is 0 Å². The standard InChI is InChI=1S/C18H19N3/c1-13-4-3-5-16(14(13)2)17(18-11-20-12-21-18)10-15-6-8-19-9-7-15/h3-9,11-12,17H,10H2,1-2H3,(H,20,21)/t17-/m1/s1. The summed E-state index contributed by atoms with van der Waals surface area (Å²) in [5, 5.41) is 0. The lowest BCUT2D eigenvalue weighted by atomic mass is 9.86. The number of H-pyrrole nitrogens is 1. The number of imidazole rings is 1. The third-order valence-corrected chi connectivity index (χ3v) is 4.11. The third-order valence-electron chi connectivity index (χ3n) is 4.11. The Bertz CT molecular complexity index is 703. The molecule has 0 radical (unpaired) electrons. The molecule has 0 bridgehead atoms. The van der Waals surface area contributed by atoms with Gasteiger partial charge >= 0.3 is 0 Å². The lowest BCUT2D eigenvalue weighted by Gasteiger charge is -2.19. The number of benzene rings is 1. The second-order valence-corrected chi connectivity index (χ2v) is 5.41. The SMILES string of the molecule is Cc1cccc([C@@H](Cc2ccncc2)c2cnc[nH]2)c1C. The van der Waals surface area contributed by atoms with E-state index in [-0.39, 0.29) is 5.92 Å². The van der Waals surface area contributed by atoms with E-state index >= 15 is 0 Å². The van der Waals surface area contributed by atoms with Gasteiger partial charge in [-0.1, -0.05) is 18.2 Å². The lowest BCUT2D eigenvalue weighted by molar-refractivity contribution is 0.771. The van der Waals surface area contributed by atoms with E-state index in [9.17, 15) is 0 Å². The number of nitrogens with zero attached hydrogens (tertiary/aromatic N) is 2. The predicted molar refractivity (Wildman–Crippen MR) is 84.3 cm³/mol. The van der Waals surface area contributed by atoms with Crippen LogP contribution in [0.2, 0.25) is 0 Å². The van der Waals surface area contributed by atoms with Crippen LogP contribution in [0.3, 0.4) is 0 Å². The van der Waals surface area contributed by atoms with E-state index in [2.05, 4.69) is 59.1 Å². The van der Waals surface area contributed by atoms with E-state index in [1.54, 1.807) is 6.33 Å². The van der Waals surface area contributed by atoms with Crippen molar-refractivity contribution in [1.82, 2.24) is 15.0 Å². The molecule has 3 heteroatoms. The number of pyridine rings is 1. The molecule has 0 aliphatic rings. The first-order valence-corrected chi connectivity index (χ1v) is 7.19. The fraction of sp³-hybridized carbons (Fsp3) is 0.222. The van der Waals surface area contributed by atoms with Crippen molar-refractivity contribution < 1.29 is 0 Å². The summed E-state index contributed by atoms with van der Waals surface area (Å²) in [5.74, 6) is 0.287. The number of nitrogens with one attached hydrogen (secondary N) is 1. The summed E-state index contributed by atoms with van der Waals surface area (Å²) in [6, 6.07) is 10.7. The van der Waals surface area contributed by atoms with E-state index in [1.807, 2.05) is 18.6 Å². The van der Waals surface area contributed by atoms with Gasteiger partial charge in [-0.25, -0.2) is 4.98 Å². The number of rotatable bonds is 4. The minimum absolute atomic E-state index is 0.287. The molecule has 0 saturated heterocycles. The largest absolute Gasteiger partial charge is 0.348 e. The Balaban J connectivity index is 2.03. The van der Waals surface area contributed by atoms with Gasteiger partial charge in [0.1, 0.15) is 0 Å². The topological polar surface area (TPSA) is 41.6 Å². The van der Waals surface area contributed by atoms with E-state index < -0.39 is 0 Å². The van der Waals surface area contributed by atoms with Gasteiger partial charge in [0.2, 0.25) is 0 Å². The molecule has 106 valence electrons. The van der Waals surface area contributed by atoms with Crippen LogP contribution in [-0.4, -0.2) is 15.0 Å². The zero-order valence-electron chi connectivity index (χ0n) is 12.4. The molecule has 3 rings (SSSR count). The Kier molecular flexibility index (Phi) is 3.82. The summed E-state index contributed by atoms with van der Waals surface area (Å²) < 4.78 is 0. The Morgan fingerprint density at radius 1 is 1.05 bits per heavy atom. The van der Waals surface area contributed by atoms with Gasteiger partial charge in [0.05, 0.1) is 6.33 Å². The molecule has 2 aromatic heterocycles. The number of aromatic amines is 1. The monoisotopic (exact) mass is 277 g/mol. The Hall–Kier alpha value is -2.42. The molecule has 21 heavy (non-hydrogen) atoms. The van der Waals surface area contributed by atoms with Gasteiger partial charge in [0, 0.05) is 30.2 Å². The molecule has 1 atom stereocenters. The van der Waals surface area contributed by atoms with Crippen molar-refractivity contribution in [3.8, 4) is 0 Å². The molecule has 0 aliphatic carbocycles. The van der Waals surface area contributed by atoms with Crippen molar-refractivity contribution in [3.05, 3.63) is 83.2 Å². The Labute approximate surface area is 125 Å². The van der Waals surface area contributed by atoms with E-state index in [4.69, 9.17) is 0 Å². The fourth-order valence-corrected chi connectivity index (χ4v) is 2.75. The first-order valence-electron chi connectivity index (χ1n) is 7.19. The second-order valence-electron chi connectivity index (χ2n) is 5.41. The highest BCUT2D eigenvalue weighted by atomic mass is 14.9. The van der Waals surface area contributed by atoms with Crippen molar-refractivity contribution in [1.29, 1.82) is 0 Å². The quantitative estimate of drug-likeness (QED) is 0.788. The van der Waals surface area contributed by atoms with E-state index in [1.165, 1.54) is 22.3 Å². The number of hydrogen-bond acceptors (Lipinski definition) is 2. The van der Waals surface area contributed by atoms with Crippen molar-refractivity contribution >= 4 is 0 Å². The minimum atomic E-state index is 0.287. The summed E-state index contributed by atoms with van der Waals surface area (Å²) in [4.78, 5) is 11.6. The zero-order chi connectivity index (χ0) is 14.7. The highest BCUT2D eigenvalue weighted by Crippen LogP contribution is 2.30. The molecule has 0 aliphatic heterocycles. The number of aromatic nitrogens is 3. The smallest absolute Gasteiger partial charge is 0.0921 e. The molecule has 1 N–H and O–H groups in total. The lowest BCUT2D eigenvalue weighted by Crippen LogP contribution is -2.08. The van der Waals surface area contributed by atoms with Crippen LogP contribution in [0, 0.1) is 13.8 Å². The third kappa shape index (κ3) is 2.87. The summed E-state index contributed by atoms with van der Waals surface area (Å²) in [6.45, 7) is 4.36. The molecule has 3 aromatic rings. The molecule has 2 heterocycles. The van der Waals surface area contributed by atoms with Gasteiger partial charge in [-0.05, 0) is 54.7 Å². The van der Waals surface area contributed by atoms with E-state index in [0.717, 1.165) is 12.1 Å². The van der Waals surface area contributed by atoms with Gasteiger partial charge < -0.3 is 4.98 Å². The van der Waals surface area contributed by atoms with Crippen LogP contribution in [0.15, 0.2) is 55.2 Å². The van der Waals surface area contributed by atoms with Crippen molar-refractivity contribution in [2.75, 3.05) is 0 Å². The van der Waals surface area contributed by atoms with Crippen LogP contribution < -0.4 is 0 Å². The average molecular weight is 277 g/mol. The molecule has 0 unspecified atom stereocenters. The normalized spacial score (nSPS) is 12.3. The molecule has 0 spiro atoms. The summed E-state index contributed by atoms with van der Waals surface area (Å²) in [5.41, 5.74) is 6.47. The number of aryl methyl sites for hydroxylation is 1. The zero-order valence-corrected chi connectivity index (χ0v) is 12.4. The fourth-order valence-electron chi connectivity index (χ4n) is 2.75. The maximum atomic E-state index is 4.19. The van der Waals surface area contributed by atoms with Gasteiger partial charge in [0.15, 0.2) is 0 Å². The van der Waals surface area contributed by atoms with Crippen LogP contribution in [-0.2, 0) is 6.42 Å².